The summed E-state index contributed by atoms with van der Waals surface area (Å²) in [5.41, 5.74) is 5.47. The van der Waals surface area contributed by atoms with Crippen LogP contribution in [0.25, 0.3) is 11.3 Å². The van der Waals surface area contributed by atoms with Gasteiger partial charge in [0.05, 0.1) is 59.0 Å². The number of nitrogen functional groups attached to an aromatic ring is 1. The molecule has 0 amide bonds. The fraction of sp³-hybridized carbons (Fsp3) is 0.588. The molecule has 14 radical (unpaired) electrons. The lowest BCUT2D eigenvalue weighted by molar-refractivity contribution is -0.100. The van der Waals surface area contributed by atoms with Gasteiger partial charge in [0.1, 0.15) is 20.0 Å². The maximum Gasteiger partial charge on any atom is 0.161 e. The minimum Gasteiger partial charge on any atom is -0.400 e. The fourth-order valence-electron chi connectivity index (χ4n) is 4.00. The highest BCUT2D eigenvalue weighted by Gasteiger charge is 2.65. The number of aliphatic hydroxyl groups is 1. The number of hydrogen-bond donors (Lipinski definition) is 2. The molecule has 1 aliphatic rings. The van der Waals surface area contributed by atoms with Gasteiger partial charge in [-0.2, -0.15) is 5.10 Å². The van der Waals surface area contributed by atoms with Crippen molar-refractivity contribution in [2.24, 2.45) is 5.92 Å². The molecule has 32 heavy (non-hydrogen) atoms. The number of anilines is 1. The second kappa shape index (κ2) is 8.33. The van der Waals surface area contributed by atoms with Crippen molar-refractivity contribution in [1.82, 2.24) is 19.7 Å². The predicted molar refractivity (Wildman–Crippen MR) is 126 cm³/mol. The van der Waals surface area contributed by atoms with E-state index in [9.17, 15) is 5.11 Å². The Morgan fingerprint density at radius 3 is 2.25 bits per heavy atom. The molecule has 2 heterocycles. The highest BCUT2D eigenvalue weighted by atomic mass is 16.7. The van der Waals surface area contributed by atoms with Crippen LogP contribution >= 0.6 is 0 Å². The molecule has 150 valence electrons. The van der Waals surface area contributed by atoms with Crippen LogP contribution < -0.4 is 5.73 Å². The number of ether oxygens (including phenoxy) is 2. The van der Waals surface area contributed by atoms with Gasteiger partial charge in [0.2, 0.25) is 0 Å². The lowest BCUT2D eigenvalue weighted by Gasteiger charge is -2.50. The monoisotopic (exact) mass is 417 g/mol. The Hall–Kier alpha value is -1.58. The lowest BCUT2D eigenvalue weighted by atomic mass is 9.20. The van der Waals surface area contributed by atoms with Crippen molar-refractivity contribution < 1.29 is 14.6 Å². The topological polar surface area (TPSA) is 108 Å². The Bertz CT molecular complexity index is 955. The molecule has 15 heteroatoms. The van der Waals surface area contributed by atoms with Crippen LogP contribution in [-0.4, -0.2) is 106 Å². The van der Waals surface area contributed by atoms with Gasteiger partial charge < -0.3 is 20.3 Å². The van der Waals surface area contributed by atoms with Gasteiger partial charge in [-0.25, -0.2) is 9.97 Å². The van der Waals surface area contributed by atoms with Crippen LogP contribution in [-0.2, 0) is 22.4 Å². The Morgan fingerprint density at radius 2 is 1.72 bits per heavy atom. The van der Waals surface area contributed by atoms with Crippen LogP contribution in [0.2, 0.25) is 15.6 Å². The molecule has 3 N–H and O–H groups in total. The summed E-state index contributed by atoms with van der Waals surface area (Å²) >= 11 is 0. The summed E-state index contributed by atoms with van der Waals surface area (Å²) < 4.78 is 12.0. The third-order valence-electron chi connectivity index (χ3n) is 6.32. The Morgan fingerprint density at radius 1 is 1.09 bits per heavy atom. The van der Waals surface area contributed by atoms with Crippen LogP contribution in [0, 0.1) is 5.92 Å². The van der Waals surface area contributed by atoms with E-state index in [1.54, 1.807) is 6.20 Å². The summed E-state index contributed by atoms with van der Waals surface area (Å²) in [7, 11) is 45.3. The van der Waals surface area contributed by atoms with Gasteiger partial charge in [0.25, 0.3) is 0 Å². The second-order valence-electron chi connectivity index (χ2n) is 8.19. The molecule has 1 aliphatic carbocycles. The third-order valence-corrected chi connectivity index (χ3v) is 6.32. The van der Waals surface area contributed by atoms with Gasteiger partial charge in [-0.3, -0.25) is 4.68 Å². The zero-order valence-corrected chi connectivity index (χ0v) is 18.0. The van der Waals surface area contributed by atoms with E-state index in [1.165, 1.54) is 31.4 Å². The first-order valence-electron chi connectivity index (χ1n) is 9.64. The van der Waals surface area contributed by atoms with Gasteiger partial charge in [-0.15, -0.1) is 10.4 Å². The molecule has 0 spiro atoms. The highest BCUT2D eigenvalue weighted by molar-refractivity contribution is 6.64. The van der Waals surface area contributed by atoms with E-state index in [1.807, 2.05) is 0 Å². The van der Waals surface area contributed by atoms with E-state index in [-0.39, 0.29) is 12.4 Å². The average molecular weight is 416 g/mol. The zero-order valence-electron chi connectivity index (χ0n) is 18.0. The van der Waals surface area contributed by atoms with E-state index < -0.39 is 33.3 Å². The first kappa shape index (κ1) is 25.1. The van der Waals surface area contributed by atoms with Crippen molar-refractivity contribution in [3.05, 3.63) is 24.3 Å². The fourth-order valence-corrected chi connectivity index (χ4v) is 4.00. The molecule has 0 saturated heterocycles. The van der Waals surface area contributed by atoms with E-state index in [4.69, 9.17) is 70.1 Å². The molecule has 0 aliphatic heterocycles. The van der Waals surface area contributed by atoms with Crippen LogP contribution in [0.4, 0.5) is 5.82 Å². The number of nitrogens with two attached hydrogens (primary N) is 1. The summed E-state index contributed by atoms with van der Waals surface area (Å²) in [6.07, 6.45) is 4.24. The molecule has 0 bridgehead atoms. The van der Waals surface area contributed by atoms with E-state index in [0.717, 1.165) is 0 Å². The van der Waals surface area contributed by atoms with E-state index in [0.29, 0.717) is 23.2 Å². The first-order valence-corrected chi connectivity index (χ1v) is 9.64. The number of methoxy groups -OCH3 is 2. The standard InChI is InChI=1S/C17H18B7N5O3/c1-31-11(32-2)3-9-12(26-7-27-13(9)25)8-4-28-29(5-8)6-10-14(18,19)16(21,22)17(23,24)15(10,20)30/h4-5,7,10-11,30H,3,6H2,1-2H3,(H2,25,26,27). The first-order chi connectivity index (χ1) is 14.7. The summed E-state index contributed by atoms with van der Waals surface area (Å²) in [5.74, 6) is -0.891. The molecule has 2 aromatic heterocycles. The van der Waals surface area contributed by atoms with E-state index in [2.05, 4.69) is 15.1 Å². The van der Waals surface area contributed by atoms with Gasteiger partial charge >= 0.3 is 0 Å². The largest absolute Gasteiger partial charge is 0.400 e. The number of hydrogen-bond acceptors (Lipinski definition) is 7. The average Bonchev–Trinajstić information content (AvgIpc) is 3.20. The zero-order chi connectivity index (χ0) is 24.1. The van der Waals surface area contributed by atoms with Gasteiger partial charge in [-0.1, -0.05) is 5.21 Å². The maximum atomic E-state index is 10.9. The Balaban J connectivity index is 1.95. The molecular formula is C17H18B7N5O3. The quantitative estimate of drug-likeness (QED) is 0.395. The molecule has 3 rings (SSSR count). The lowest BCUT2D eigenvalue weighted by Crippen LogP contribution is -2.49. The second-order valence-corrected chi connectivity index (χ2v) is 8.19. The van der Waals surface area contributed by atoms with Gasteiger partial charge in [0.15, 0.2) is 6.29 Å². The molecule has 1 fully saturated rings. The van der Waals surface area contributed by atoms with Crippen molar-refractivity contribution >= 4 is 60.7 Å². The molecular weight excluding hydrogens is 398 g/mol. The van der Waals surface area contributed by atoms with Gasteiger partial charge in [0, 0.05) is 50.0 Å². The molecule has 1 saturated carbocycles. The molecule has 2 unspecified atom stereocenters. The van der Waals surface area contributed by atoms with E-state index >= 15 is 0 Å². The third kappa shape index (κ3) is 3.66. The summed E-state index contributed by atoms with van der Waals surface area (Å²) in [5, 5.41) is 8.95. The Kier molecular flexibility index (Phi) is 6.52. The number of nitrogens with zero attached hydrogens (tertiary/aromatic N) is 4. The molecule has 2 atom stereocenters. The van der Waals surface area contributed by atoms with Crippen molar-refractivity contribution in [1.29, 1.82) is 0 Å². The number of rotatable bonds is 7. The minimum absolute atomic E-state index is 0.0963. The summed E-state index contributed by atoms with van der Waals surface area (Å²) in [6, 6.07) is 0. The van der Waals surface area contributed by atoms with Crippen molar-refractivity contribution in [3.8, 4) is 11.3 Å². The summed E-state index contributed by atoms with van der Waals surface area (Å²) in [6.45, 7) is -0.0963. The van der Waals surface area contributed by atoms with Crippen molar-refractivity contribution in [2.45, 2.75) is 40.4 Å². The molecule has 2 aromatic rings. The normalized spacial score (nSPS) is 25.8. The smallest absolute Gasteiger partial charge is 0.161 e. The highest BCUT2D eigenvalue weighted by Crippen LogP contribution is 2.73. The van der Waals surface area contributed by atoms with Crippen molar-refractivity contribution in [2.75, 3.05) is 20.0 Å². The van der Waals surface area contributed by atoms with Crippen LogP contribution in [0.5, 0.6) is 0 Å². The maximum absolute atomic E-state index is 10.9. The minimum atomic E-state index is -2.30. The Labute approximate surface area is 197 Å². The van der Waals surface area contributed by atoms with Crippen LogP contribution in [0.3, 0.4) is 0 Å². The molecule has 8 nitrogen and oxygen atoms in total. The predicted octanol–water partition coefficient (Wildman–Crippen LogP) is -2.07. The van der Waals surface area contributed by atoms with Crippen LogP contribution in [0.15, 0.2) is 18.7 Å². The van der Waals surface area contributed by atoms with Crippen molar-refractivity contribution in [3.63, 3.8) is 0 Å². The SMILES string of the molecule is [B]C1([B])C(Cn2cc(-c3ncnc(N)c3CC(OC)OC)cn2)C([B])(O)C([B])([B])C1([B])[B]. The number of aromatic nitrogens is 4. The molecule has 0 aromatic carbocycles. The van der Waals surface area contributed by atoms with Gasteiger partial charge in [-0.05, 0) is 5.92 Å². The van der Waals surface area contributed by atoms with Crippen LogP contribution in [0.1, 0.15) is 5.56 Å². The summed E-state index contributed by atoms with van der Waals surface area (Å²) in [4.78, 5) is 8.36.